The predicted molar refractivity (Wildman–Crippen MR) is 136 cm³/mol. The van der Waals surface area contributed by atoms with Crippen LogP contribution in [0.4, 0.5) is 0 Å². The summed E-state index contributed by atoms with van der Waals surface area (Å²) in [4.78, 5) is 19.0. The van der Waals surface area contributed by atoms with E-state index in [0.717, 1.165) is 59.3 Å². The highest BCUT2D eigenvalue weighted by atomic mass is 16.5. The minimum absolute atomic E-state index is 0.0925. The van der Waals surface area contributed by atoms with Gasteiger partial charge in [-0.3, -0.25) is 9.69 Å². The fourth-order valence-corrected chi connectivity index (χ4v) is 5.10. The SMILES string of the molecule is COc1ccc(Cn2nnnc2[C@H](c2cc3c(C)cc(C)cc3[nH]c2=O)N2CCC(C)CC2)cc1. The first-order valence-electron chi connectivity index (χ1n) is 12.2. The van der Waals surface area contributed by atoms with E-state index >= 15 is 0 Å². The van der Waals surface area contributed by atoms with Gasteiger partial charge >= 0.3 is 0 Å². The highest BCUT2D eigenvalue weighted by Gasteiger charge is 2.32. The van der Waals surface area contributed by atoms with E-state index in [-0.39, 0.29) is 11.6 Å². The van der Waals surface area contributed by atoms with Crippen LogP contribution in [0, 0.1) is 19.8 Å². The number of aromatic nitrogens is 5. The molecule has 4 aromatic rings. The number of hydrogen-bond donors (Lipinski definition) is 1. The first-order chi connectivity index (χ1) is 16.9. The molecule has 0 bridgehead atoms. The third-order valence-corrected chi connectivity index (χ3v) is 7.11. The number of aromatic amines is 1. The highest BCUT2D eigenvalue weighted by Crippen LogP contribution is 2.31. The van der Waals surface area contributed by atoms with Crippen LogP contribution in [-0.2, 0) is 6.54 Å². The van der Waals surface area contributed by atoms with Gasteiger partial charge in [-0.15, -0.1) is 5.10 Å². The summed E-state index contributed by atoms with van der Waals surface area (Å²) in [7, 11) is 1.66. The lowest BCUT2D eigenvalue weighted by molar-refractivity contribution is 0.149. The lowest BCUT2D eigenvalue weighted by Crippen LogP contribution is -2.40. The van der Waals surface area contributed by atoms with E-state index in [1.165, 1.54) is 0 Å². The van der Waals surface area contributed by atoms with Crippen LogP contribution in [0.15, 0.2) is 47.3 Å². The number of hydrogen-bond acceptors (Lipinski definition) is 6. The number of aryl methyl sites for hydroxylation is 2. The van der Waals surface area contributed by atoms with Gasteiger partial charge in [-0.05, 0) is 97.1 Å². The summed E-state index contributed by atoms with van der Waals surface area (Å²) in [6.07, 6.45) is 2.17. The first-order valence-corrected chi connectivity index (χ1v) is 12.2. The number of nitrogens with zero attached hydrogens (tertiary/aromatic N) is 5. The molecule has 1 atom stereocenters. The van der Waals surface area contributed by atoms with Crippen molar-refractivity contribution in [2.45, 2.75) is 46.2 Å². The molecule has 2 aromatic heterocycles. The van der Waals surface area contributed by atoms with Gasteiger partial charge in [0, 0.05) is 16.5 Å². The molecular weight excluding hydrogens is 440 g/mol. The van der Waals surface area contributed by atoms with Crippen LogP contribution in [-0.4, -0.2) is 50.3 Å². The van der Waals surface area contributed by atoms with Gasteiger partial charge in [0.15, 0.2) is 5.82 Å². The zero-order valence-corrected chi connectivity index (χ0v) is 20.8. The van der Waals surface area contributed by atoms with Crippen LogP contribution in [0.25, 0.3) is 10.9 Å². The van der Waals surface area contributed by atoms with Crippen molar-refractivity contribution >= 4 is 10.9 Å². The summed E-state index contributed by atoms with van der Waals surface area (Å²) < 4.78 is 7.10. The van der Waals surface area contributed by atoms with Crippen LogP contribution in [0.2, 0.25) is 0 Å². The largest absolute Gasteiger partial charge is 0.497 e. The zero-order valence-electron chi connectivity index (χ0n) is 20.8. The molecule has 35 heavy (non-hydrogen) atoms. The summed E-state index contributed by atoms with van der Waals surface area (Å²) in [6.45, 7) is 8.72. The third kappa shape index (κ3) is 4.71. The van der Waals surface area contributed by atoms with Crippen LogP contribution < -0.4 is 10.3 Å². The van der Waals surface area contributed by atoms with Crippen LogP contribution in [0.5, 0.6) is 5.75 Å². The molecule has 8 heteroatoms. The van der Waals surface area contributed by atoms with E-state index in [0.29, 0.717) is 23.9 Å². The lowest BCUT2D eigenvalue weighted by Gasteiger charge is -2.36. The molecule has 1 aliphatic heterocycles. The van der Waals surface area contributed by atoms with Crippen molar-refractivity contribution in [3.8, 4) is 5.75 Å². The predicted octanol–water partition coefficient (Wildman–Crippen LogP) is 4.01. The molecule has 1 aliphatic rings. The van der Waals surface area contributed by atoms with Crippen LogP contribution in [0.1, 0.15) is 53.9 Å². The van der Waals surface area contributed by atoms with Gasteiger partial charge in [0.25, 0.3) is 5.56 Å². The van der Waals surface area contributed by atoms with E-state index < -0.39 is 0 Å². The molecule has 0 spiro atoms. The smallest absolute Gasteiger partial charge is 0.253 e. The number of benzene rings is 2. The van der Waals surface area contributed by atoms with E-state index in [9.17, 15) is 4.79 Å². The van der Waals surface area contributed by atoms with Crippen LogP contribution >= 0.6 is 0 Å². The van der Waals surface area contributed by atoms with Gasteiger partial charge < -0.3 is 9.72 Å². The molecule has 8 nitrogen and oxygen atoms in total. The number of likely N-dealkylation sites (tertiary alicyclic amines) is 1. The van der Waals surface area contributed by atoms with Gasteiger partial charge in [-0.25, -0.2) is 4.68 Å². The Balaban J connectivity index is 1.60. The molecule has 5 rings (SSSR count). The van der Waals surface area contributed by atoms with Crippen molar-refractivity contribution in [3.05, 3.63) is 80.9 Å². The minimum atomic E-state index is -0.329. The van der Waals surface area contributed by atoms with Crippen molar-refractivity contribution in [1.29, 1.82) is 0 Å². The molecule has 0 amide bonds. The highest BCUT2D eigenvalue weighted by molar-refractivity contribution is 5.83. The molecule has 0 aliphatic carbocycles. The molecule has 0 saturated carbocycles. The molecule has 3 heterocycles. The Morgan fingerprint density at radius 3 is 2.57 bits per heavy atom. The van der Waals surface area contributed by atoms with E-state index in [2.05, 4.69) is 45.3 Å². The fraction of sp³-hybridized carbons (Fsp3) is 0.407. The van der Waals surface area contributed by atoms with Crippen molar-refractivity contribution in [1.82, 2.24) is 30.1 Å². The van der Waals surface area contributed by atoms with Crippen molar-refractivity contribution in [2.75, 3.05) is 20.2 Å². The number of nitrogens with one attached hydrogen (secondary N) is 1. The minimum Gasteiger partial charge on any atom is -0.497 e. The topological polar surface area (TPSA) is 88.9 Å². The number of methoxy groups -OCH3 is 1. The summed E-state index contributed by atoms with van der Waals surface area (Å²) in [6, 6.07) is 13.8. The van der Waals surface area contributed by atoms with Gasteiger partial charge in [-0.1, -0.05) is 25.1 Å². The van der Waals surface area contributed by atoms with Gasteiger partial charge in [-0.2, -0.15) is 0 Å². The zero-order chi connectivity index (χ0) is 24.5. The molecule has 1 saturated heterocycles. The number of ether oxygens (including phenoxy) is 1. The number of pyridine rings is 1. The molecular formula is C27H32N6O2. The third-order valence-electron chi connectivity index (χ3n) is 7.11. The normalized spacial score (nSPS) is 16.0. The second-order valence-electron chi connectivity index (χ2n) is 9.76. The Kier molecular flexibility index (Phi) is 6.38. The standard InChI is InChI=1S/C27H32N6O2/c1-17-9-11-32(12-10-17)25(23-15-22-19(3)13-18(2)14-24(22)28-27(23)34)26-29-30-31-33(26)16-20-5-7-21(35-4)8-6-20/h5-8,13-15,17,25H,9-12,16H2,1-4H3,(H,28,34)/t25-/m0/s1. The number of fused-ring (bicyclic) bond motifs is 1. The number of tetrazole rings is 1. The summed E-state index contributed by atoms with van der Waals surface area (Å²) >= 11 is 0. The summed E-state index contributed by atoms with van der Waals surface area (Å²) in [5.41, 5.74) is 4.78. The Labute approximate surface area is 204 Å². The maximum Gasteiger partial charge on any atom is 0.253 e. The average molecular weight is 473 g/mol. The second-order valence-corrected chi connectivity index (χ2v) is 9.76. The Hall–Kier alpha value is -3.52. The van der Waals surface area contributed by atoms with Gasteiger partial charge in [0.2, 0.25) is 0 Å². The molecule has 2 aromatic carbocycles. The van der Waals surface area contributed by atoms with Gasteiger partial charge in [0.05, 0.1) is 13.7 Å². The lowest BCUT2D eigenvalue weighted by atomic mass is 9.94. The molecule has 0 radical (unpaired) electrons. The average Bonchev–Trinajstić information content (AvgIpc) is 3.29. The molecule has 182 valence electrons. The Morgan fingerprint density at radius 2 is 1.86 bits per heavy atom. The van der Waals surface area contributed by atoms with Crippen LogP contribution in [0.3, 0.4) is 0 Å². The maximum absolute atomic E-state index is 13.5. The maximum atomic E-state index is 13.5. The fourth-order valence-electron chi connectivity index (χ4n) is 5.10. The Morgan fingerprint density at radius 1 is 1.11 bits per heavy atom. The first kappa shape index (κ1) is 23.2. The number of H-pyrrole nitrogens is 1. The van der Waals surface area contributed by atoms with E-state index in [1.807, 2.05) is 48.0 Å². The van der Waals surface area contributed by atoms with Crippen molar-refractivity contribution in [2.24, 2.45) is 5.92 Å². The van der Waals surface area contributed by atoms with Crippen molar-refractivity contribution < 1.29 is 4.74 Å². The number of rotatable bonds is 6. The Bertz CT molecular complexity index is 1380. The summed E-state index contributed by atoms with van der Waals surface area (Å²) in [5, 5.41) is 13.9. The van der Waals surface area contributed by atoms with Crippen molar-refractivity contribution in [3.63, 3.8) is 0 Å². The van der Waals surface area contributed by atoms with Gasteiger partial charge in [0.1, 0.15) is 11.8 Å². The van der Waals surface area contributed by atoms with E-state index in [4.69, 9.17) is 4.74 Å². The van der Waals surface area contributed by atoms with E-state index in [1.54, 1.807) is 7.11 Å². The summed E-state index contributed by atoms with van der Waals surface area (Å²) in [5.74, 6) is 2.16. The molecule has 1 fully saturated rings. The monoisotopic (exact) mass is 472 g/mol. The quantitative estimate of drug-likeness (QED) is 0.456. The molecule has 1 N–H and O–H groups in total. The molecule has 0 unspecified atom stereocenters. The second kappa shape index (κ2) is 9.62. The number of piperidine rings is 1.